The van der Waals surface area contributed by atoms with Gasteiger partial charge in [0.25, 0.3) is 0 Å². The van der Waals surface area contributed by atoms with Crippen LogP contribution in [0.4, 0.5) is 0 Å². The predicted octanol–water partition coefficient (Wildman–Crippen LogP) is 3.21. The molecular formula is C14H16O. The Morgan fingerprint density at radius 1 is 1.13 bits per heavy atom. The van der Waals surface area contributed by atoms with E-state index in [1.54, 1.807) is 0 Å². The van der Waals surface area contributed by atoms with Gasteiger partial charge in [0.2, 0.25) is 0 Å². The quantitative estimate of drug-likeness (QED) is 0.636. The molecule has 0 saturated heterocycles. The van der Waals surface area contributed by atoms with E-state index in [-0.39, 0.29) is 0 Å². The summed E-state index contributed by atoms with van der Waals surface area (Å²) in [4.78, 5) is 10.8. The number of rotatable bonds is 1. The number of hydrogen-bond acceptors (Lipinski definition) is 1. The van der Waals surface area contributed by atoms with Crippen molar-refractivity contribution in [2.24, 2.45) is 0 Å². The summed E-state index contributed by atoms with van der Waals surface area (Å²) in [7, 11) is 0. The Hall–Kier alpha value is -1.11. The van der Waals surface area contributed by atoms with E-state index in [4.69, 9.17) is 0 Å². The summed E-state index contributed by atoms with van der Waals surface area (Å²) in [5.74, 6) is 0. The van der Waals surface area contributed by atoms with Gasteiger partial charge in [-0.25, -0.2) is 0 Å². The molecule has 0 heterocycles. The van der Waals surface area contributed by atoms with E-state index in [1.165, 1.54) is 30.4 Å². The number of carbonyl (C=O) groups excluding carboxylic acids is 1. The van der Waals surface area contributed by atoms with E-state index in [1.807, 2.05) is 6.07 Å². The summed E-state index contributed by atoms with van der Waals surface area (Å²) >= 11 is 0. The first-order chi connectivity index (χ1) is 7.07. The fourth-order valence-electron chi connectivity index (χ4n) is 3.71. The van der Waals surface area contributed by atoms with Crippen molar-refractivity contribution in [1.82, 2.24) is 0 Å². The fraction of sp³-hybridized carbons (Fsp3) is 0.500. The Bertz CT molecular complexity index is 449. The van der Waals surface area contributed by atoms with Crippen LogP contribution in [-0.2, 0) is 10.8 Å². The Kier molecular flexibility index (Phi) is 1.54. The minimum atomic E-state index is 0.336. The molecule has 1 fully saturated rings. The van der Waals surface area contributed by atoms with Crippen LogP contribution in [0.5, 0.6) is 0 Å². The van der Waals surface area contributed by atoms with E-state index >= 15 is 0 Å². The summed E-state index contributed by atoms with van der Waals surface area (Å²) in [5, 5.41) is 0. The van der Waals surface area contributed by atoms with Crippen molar-refractivity contribution >= 4 is 6.29 Å². The Labute approximate surface area is 90.5 Å². The summed E-state index contributed by atoms with van der Waals surface area (Å²) in [6.07, 6.45) is 4.80. The molecule has 78 valence electrons. The molecule has 1 saturated carbocycles. The second-order valence-electron chi connectivity index (χ2n) is 5.72. The van der Waals surface area contributed by atoms with Gasteiger partial charge in [-0.2, -0.15) is 0 Å². The molecule has 2 unspecified atom stereocenters. The third-order valence-corrected chi connectivity index (χ3v) is 4.49. The van der Waals surface area contributed by atoms with Crippen molar-refractivity contribution in [1.29, 1.82) is 0 Å². The average Bonchev–Trinajstić information content (AvgIpc) is 2.66. The topological polar surface area (TPSA) is 17.1 Å². The zero-order chi connectivity index (χ0) is 10.7. The first kappa shape index (κ1) is 9.14. The van der Waals surface area contributed by atoms with Gasteiger partial charge in [0, 0.05) is 5.56 Å². The lowest BCUT2D eigenvalue weighted by molar-refractivity contribution is 0.112. The highest BCUT2D eigenvalue weighted by Crippen LogP contribution is 2.60. The van der Waals surface area contributed by atoms with Gasteiger partial charge in [-0.05, 0) is 47.3 Å². The minimum Gasteiger partial charge on any atom is -0.298 e. The summed E-state index contributed by atoms with van der Waals surface area (Å²) < 4.78 is 0. The molecule has 1 heteroatoms. The summed E-state index contributed by atoms with van der Waals surface area (Å²) in [6, 6.07) is 6.23. The normalized spacial score (nSPS) is 36.7. The molecule has 1 aromatic rings. The number of carbonyl (C=O) groups is 1. The van der Waals surface area contributed by atoms with Crippen molar-refractivity contribution < 1.29 is 4.79 Å². The molecule has 1 nitrogen and oxygen atoms in total. The fourth-order valence-corrected chi connectivity index (χ4v) is 3.71. The van der Waals surface area contributed by atoms with Gasteiger partial charge < -0.3 is 0 Å². The molecule has 0 amide bonds. The predicted molar refractivity (Wildman–Crippen MR) is 60.4 cm³/mol. The molecule has 0 aromatic heterocycles. The van der Waals surface area contributed by atoms with Crippen LogP contribution in [0.15, 0.2) is 18.2 Å². The highest BCUT2D eigenvalue weighted by molar-refractivity contribution is 5.76. The molecular weight excluding hydrogens is 184 g/mol. The lowest BCUT2D eigenvalue weighted by Gasteiger charge is -2.27. The van der Waals surface area contributed by atoms with Gasteiger partial charge >= 0.3 is 0 Å². The van der Waals surface area contributed by atoms with Crippen molar-refractivity contribution in [2.45, 2.75) is 43.9 Å². The largest absolute Gasteiger partial charge is 0.298 e. The maximum atomic E-state index is 10.8. The van der Waals surface area contributed by atoms with E-state index in [2.05, 4.69) is 26.0 Å². The molecule has 0 spiro atoms. The Balaban J connectivity index is 2.25. The maximum Gasteiger partial charge on any atom is 0.150 e. The molecule has 0 N–H and O–H groups in total. The van der Waals surface area contributed by atoms with Gasteiger partial charge in [0.1, 0.15) is 6.29 Å². The van der Waals surface area contributed by atoms with Crippen LogP contribution < -0.4 is 0 Å². The van der Waals surface area contributed by atoms with Gasteiger partial charge in [0.05, 0.1) is 0 Å². The third-order valence-electron chi connectivity index (χ3n) is 4.49. The van der Waals surface area contributed by atoms with Gasteiger partial charge in [-0.3, -0.25) is 4.79 Å². The second-order valence-corrected chi connectivity index (χ2v) is 5.72. The Morgan fingerprint density at radius 2 is 1.80 bits per heavy atom. The molecule has 2 bridgehead atoms. The van der Waals surface area contributed by atoms with E-state index in [0.717, 1.165) is 11.8 Å². The van der Waals surface area contributed by atoms with Crippen LogP contribution in [0.2, 0.25) is 0 Å². The average molecular weight is 200 g/mol. The Morgan fingerprint density at radius 3 is 2.47 bits per heavy atom. The molecule has 0 radical (unpaired) electrons. The third kappa shape index (κ3) is 1.01. The summed E-state index contributed by atoms with van der Waals surface area (Å²) in [5.41, 5.74) is 4.46. The lowest BCUT2D eigenvalue weighted by atomic mass is 9.78. The van der Waals surface area contributed by atoms with Crippen LogP contribution in [0.25, 0.3) is 0 Å². The first-order valence-corrected chi connectivity index (χ1v) is 5.68. The van der Waals surface area contributed by atoms with Crippen LogP contribution in [0, 0.1) is 0 Å². The van der Waals surface area contributed by atoms with Crippen molar-refractivity contribution in [3.05, 3.63) is 34.9 Å². The smallest absolute Gasteiger partial charge is 0.150 e. The number of fused-ring (bicyclic) bond motifs is 5. The minimum absolute atomic E-state index is 0.336. The molecule has 2 atom stereocenters. The van der Waals surface area contributed by atoms with Crippen molar-refractivity contribution in [2.75, 3.05) is 0 Å². The van der Waals surface area contributed by atoms with Crippen molar-refractivity contribution in [3.63, 3.8) is 0 Å². The number of hydrogen-bond donors (Lipinski definition) is 0. The van der Waals surface area contributed by atoms with Crippen LogP contribution in [-0.4, -0.2) is 6.29 Å². The maximum absolute atomic E-state index is 10.8. The summed E-state index contributed by atoms with van der Waals surface area (Å²) in [6.45, 7) is 4.71. The number of aldehydes is 1. The SMILES string of the molecule is CC12CCC(C)(C1)c1cc(C=O)ccc12. The highest BCUT2D eigenvalue weighted by atomic mass is 16.1. The molecule has 0 aliphatic heterocycles. The van der Waals surface area contributed by atoms with Gasteiger partial charge in [-0.1, -0.05) is 26.0 Å². The van der Waals surface area contributed by atoms with Crippen molar-refractivity contribution in [3.8, 4) is 0 Å². The zero-order valence-corrected chi connectivity index (χ0v) is 9.34. The molecule has 2 aliphatic rings. The second kappa shape index (κ2) is 2.52. The van der Waals surface area contributed by atoms with E-state index in [0.29, 0.717) is 10.8 Å². The van der Waals surface area contributed by atoms with Gasteiger partial charge in [-0.15, -0.1) is 0 Å². The van der Waals surface area contributed by atoms with Gasteiger partial charge in [0.15, 0.2) is 0 Å². The number of benzene rings is 1. The monoisotopic (exact) mass is 200 g/mol. The van der Waals surface area contributed by atoms with Crippen LogP contribution in [0.1, 0.15) is 54.6 Å². The zero-order valence-electron chi connectivity index (χ0n) is 9.34. The molecule has 1 aromatic carbocycles. The molecule has 15 heavy (non-hydrogen) atoms. The first-order valence-electron chi connectivity index (χ1n) is 5.68. The van der Waals surface area contributed by atoms with E-state index < -0.39 is 0 Å². The molecule has 2 aliphatic carbocycles. The lowest BCUT2D eigenvalue weighted by Crippen LogP contribution is -2.18. The van der Waals surface area contributed by atoms with Crippen LogP contribution in [0.3, 0.4) is 0 Å². The molecule has 3 rings (SSSR count). The highest BCUT2D eigenvalue weighted by Gasteiger charge is 2.52. The van der Waals surface area contributed by atoms with Crippen LogP contribution >= 0.6 is 0 Å². The van der Waals surface area contributed by atoms with E-state index in [9.17, 15) is 4.79 Å². The standard InChI is InChI=1S/C14H16O/c1-13-5-6-14(2,9-13)12-7-10(8-15)3-4-11(12)13/h3-4,7-8H,5-6,9H2,1-2H3.